The van der Waals surface area contributed by atoms with E-state index in [1.54, 1.807) is 0 Å². The van der Waals surface area contributed by atoms with Crippen molar-refractivity contribution >= 4 is 29.2 Å². The number of fused-ring (bicyclic) bond motifs is 5. The van der Waals surface area contributed by atoms with E-state index in [0.717, 1.165) is 12.5 Å². The van der Waals surface area contributed by atoms with Crippen LogP contribution in [0.2, 0.25) is 5.02 Å². The Bertz CT molecular complexity index is 781. The minimum atomic E-state index is -4.52. The number of pyridine rings is 1. The Balaban J connectivity index is 1.39. The van der Waals surface area contributed by atoms with Gasteiger partial charge in [0.1, 0.15) is 5.82 Å². The molecule has 1 aromatic rings. The van der Waals surface area contributed by atoms with Gasteiger partial charge in [0, 0.05) is 19.3 Å². The largest absolute Gasteiger partial charge is 0.417 e. The van der Waals surface area contributed by atoms with Gasteiger partial charge in [-0.25, -0.2) is 4.98 Å². The van der Waals surface area contributed by atoms with Gasteiger partial charge in [-0.1, -0.05) is 23.8 Å². The maximum Gasteiger partial charge on any atom is 0.417 e. The van der Waals surface area contributed by atoms with Gasteiger partial charge >= 0.3 is 6.18 Å². The van der Waals surface area contributed by atoms with Crippen LogP contribution in [0.3, 0.4) is 0 Å². The summed E-state index contributed by atoms with van der Waals surface area (Å²) >= 11 is 5.83. The molecule has 3 aliphatic rings. The molecule has 2 heterocycles. The van der Waals surface area contributed by atoms with Gasteiger partial charge in [-0.05, 0) is 24.3 Å². The number of carbonyl (C=O) groups excluding carboxylic acids is 2. The maximum atomic E-state index is 12.6. The summed E-state index contributed by atoms with van der Waals surface area (Å²) in [6, 6.07) is 0.788. The second-order valence-corrected chi connectivity index (χ2v) is 7.21. The number of carbonyl (C=O) groups is 2. The van der Waals surface area contributed by atoms with Crippen LogP contribution >= 0.6 is 11.6 Å². The van der Waals surface area contributed by atoms with Crippen molar-refractivity contribution in [2.24, 2.45) is 23.7 Å². The zero-order valence-corrected chi connectivity index (χ0v) is 14.2. The SMILES string of the molecule is O=C1C2C3C=CC(C3)C2C(=O)N1CCNc1ncc(C(F)(F)F)cc1Cl. The minimum Gasteiger partial charge on any atom is -0.367 e. The van der Waals surface area contributed by atoms with E-state index < -0.39 is 11.7 Å². The average molecular weight is 386 g/mol. The third kappa shape index (κ3) is 2.67. The van der Waals surface area contributed by atoms with E-state index >= 15 is 0 Å². The fraction of sp³-hybridized carbons (Fsp3) is 0.471. The molecular formula is C17H15ClF3N3O2. The number of halogens is 4. The number of rotatable bonds is 4. The van der Waals surface area contributed by atoms with Gasteiger partial charge in [-0.2, -0.15) is 13.2 Å². The predicted octanol–water partition coefficient (Wildman–Crippen LogP) is 2.97. The summed E-state index contributed by atoms with van der Waals surface area (Å²) in [5.74, 6) is -0.470. The third-order valence-corrected chi connectivity index (χ3v) is 5.65. The minimum absolute atomic E-state index is 0.0840. The highest BCUT2D eigenvalue weighted by Crippen LogP contribution is 2.52. The van der Waals surface area contributed by atoms with Crippen LogP contribution in [0.1, 0.15) is 12.0 Å². The smallest absolute Gasteiger partial charge is 0.367 e. The quantitative estimate of drug-likeness (QED) is 0.639. The molecular weight excluding hydrogens is 371 g/mol. The van der Waals surface area contributed by atoms with Crippen LogP contribution in [-0.2, 0) is 15.8 Å². The van der Waals surface area contributed by atoms with Crippen LogP contribution in [0.5, 0.6) is 0 Å². The monoisotopic (exact) mass is 385 g/mol. The number of alkyl halides is 3. The number of imide groups is 1. The van der Waals surface area contributed by atoms with Gasteiger partial charge in [0.2, 0.25) is 11.8 Å². The number of likely N-dealkylation sites (tertiary alicyclic amines) is 1. The lowest BCUT2D eigenvalue weighted by molar-refractivity contribution is -0.140. The van der Waals surface area contributed by atoms with Crippen LogP contribution in [-0.4, -0.2) is 34.8 Å². The van der Waals surface area contributed by atoms with Crippen molar-refractivity contribution in [2.45, 2.75) is 12.6 Å². The molecule has 0 radical (unpaired) electrons. The summed E-state index contributed by atoms with van der Waals surface area (Å²) in [4.78, 5) is 30.0. The van der Waals surface area contributed by atoms with Crippen molar-refractivity contribution in [2.75, 3.05) is 18.4 Å². The van der Waals surface area contributed by atoms with E-state index in [9.17, 15) is 22.8 Å². The van der Waals surface area contributed by atoms with Gasteiger partial charge < -0.3 is 5.32 Å². The predicted molar refractivity (Wildman–Crippen MR) is 87.2 cm³/mol. The fourth-order valence-electron chi connectivity index (χ4n) is 4.19. The number of nitrogens with zero attached hydrogens (tertiary/aromatic N) is 2. The first-order valence-electron chi connectivity index (χ1n) is 8.27. The standard InChI is InChI=1S/C17H15ClF3N3O2/c18-11-6-10(17(19,20)21)7-23-14(11)22-3-4-24-15(25)12-8-1-2-9(5-8)13(12)16(24)26/h1-2,6-9,12-13H,3-5H2,(H,22,23). The Hall–Kier alpha value is -2.09. The van der Waals surface area contributed by atoms with Gasteiger partial charge in [-0.3, -0.25) is 14.5 Å². The number of hydrogen-bond donors (Lipinski definition) is 1. The summed E-state index contributed by atoms with van der Waals surface area (Å²) in [5, 5.41) is 2.62. The third-order valence-electron chi connectivity index (χ3n) is 5.36. The molecule has 1 aromatic heterocycles. The number of anilines is 1. The summed E-state index contributed by atoms with van der Waals surface area (Å²) in [6.45, 7) is 0.293. The van der Waals surface area contributed by atoms with Crippen LogP contribution in [0.15, 0.2) is 24.4 Å². The second kappa shape index (κ2) is 5.97. The molecule has 1 saturated heterocycles. The lowest BCUT2D eigenvalue weighted by Gasteiger charge is -2.18. The van der Waals surface area contributed by atoms with E-state index in [2.05, 4.69) is 10.3 Å². The topological polar surface area (TPSA) is 62.3 Å². The highest BCUT2D eigenvalue weighted by atomic mass is 35.5. The van der Waals surface area contributed by atoms with Gasteiger partial charge in [0.25, 0.3) is 0 Å². The molecule has 4 unspecified atom stereocenters. The molecule has 2 fully saturated rings. The van der Waals surface area contributed by atoms with Crippen molar-refractivity contribution in [3.63, 3.8) is 0 Å². The first kappa shape index (κ1) is 17.3. The Morgan fingerprint density at radius 2 is 1.81 bits per heavy atom. The summed E-state index contributed by atoms with van der Waals surface area (Å²) in [5.41, 5.74) is -0.936. The molecule has 0 spiro atoms. The van der Waals surface area contributed by atoms with Crippen molar-refractivity contribution in [3.05, 3.63) is 35.0 Å². The van der Waals surface area contributed by atoms with Crippen LogP contribution < -0.4 is 5.32 Å². The number of allylic oxidation sites excluding steroid dienone is 2. The van der Waals surface area contributed by atoms with Crippen molar-refractivity contribution in [3.8, 4) is 0 Å². The number of aromatic nitrogens is 1. The molecule has 9 heteroatoms. The molecule has 1 N–H and O–H groups in total. The van der Waals surface area contributed by atoms with E-state index in [-0.39, 0.29) is 59.4 Å². The fourth-order valence-corrected chi connectivity index (χ4v) is 4.43. The zero-order valence-electron chi connectivity index (χ0n) is 13.5. The number of nitrogens with one attached hydrogen (secondary N) is 1. The molecule has 2 amide bonds. The first-order chi connectivity index (χ1) is 12.3. The van der Waals surface area contributed by atoms with Crippen molar-refractivity contribution in [1.82, 2.24) is 9.88 Å². The van der Waals surface area contributed by atoms with E-state index in [1.165, 1.54) is 4.90 Å². The zero-order chi connectivity index (χ0) is 18.6. The number of hydrogen-bond acceptors (Lipinski definition) is 4. The highest BCUT2D eigenvalue weighted by molar-refractivity contribution is 6.33. The van der Waals surface area contributed by atoms with Crippen LogP contribution in [0, 0.1) is 23.7 Å². The molecule has 0 aromatic carbocycles. The Morgan fingerprint density at radius 1 is 1.19 bits per heavy atom. The molecule has 1 aliphatic heterocycles. The first-order valence-corrected chi connectivity index (χ1v) is 8.65. The highest BCUT2D eigenvalue weighted by Gasteiger charge is 2.58. The Labute approximate surface area is 152 Å². The lowest BCUT2D eigenvalue weighted by Crippen LogP contribution is -2.36. The van der Waals surface area contributed by atoms with Crippen LogP contribution in [0.25, 0.3) is 0 Å². The molecule has 138 valence electrons. The number of amides is 2. The normalized spacial score (nSPS) is 29.6. The molecule has 2 bridgehead atoms. The Kier molecular flexibility index (Phi) is 3.98. The van der Waals surface area contributed by atoms with Crippen LogP contribution in [0.4, 0.5) is 19.0 Å². The van der Waals surface area contributed by atoms with Gasteiger partial charge in [-0.15, -0.1) is 0 Å². The van der Waals surface area contributed by atoms with Crippen molar-refractivity contribution < 1.29 is 22.8 Å². The molecule has 26 heavy (non-hydrogen) atoms. The molecule has 2 aliphatic carbocycles. The second-order valence-electron chi connectivity index (χ2n) is 6.81. The summed E-state index contributed by atoms with van der Waals surface area (Å²) in [7, 11) is 0. The van der Waals surface area contributed by atoms with Crippen molar-refractivity contribution in [1.29, 1.82) is 0 Å². The van der Waals surface area contributed by atoms with Gasteiger partial charge in [0.15, 0.2) is 0 Å². The summed E-state index contributed by atoms with van der Waals surface area (Å²) in [6.07, 6.45) is 1.07. The lowest BCUT2D eigenvalue weighted by atomic mass is 9.85. The van der Waals surface area contributed by atoms with E-state index in [4.69, 9.17) is 11.6 Å². The molecule has 4 rings (SSSR count). The molecule has 1 saturated carbocycles. The average Bonchev–Trinajstić information content (AvgIpc) is 3.24. The van der Waals surface area contributed by atoms with E-state index in [0.29, 0.717) is 6.20 Å². The van der Waals surface area contributed by atoms with Gasteiger partial charge in [0.05, 0.1) is 22.4 Å². The Morgan fingerprint density at radius 3 is 2.35 bits per heavy atom. The molecule has 5 nitrogen and oxygen atoms in total. The molecule has 4 atom stereocenters. The summed E-state index contributed by atoms with van der Waals surface area (Å²) < 4.78 is 37.9. The maximum absolute atomic E-state index is 12.6. The van der Waals surface area contributed by atoms with E-state index in [1.807, 2.05) is 12.2 Å².